The molecule has 4 atom stereocenters. The van der Waals surface area contributed by atoms with E-state index in [0.717, 1.165) is 5.56 Å². The molecule has 0 saturated heterocycles. The molecule has 0 aliphatic heterocycles. The molecule has 15 nitrogen and oxygen atoms in total. The van der Waals surface area contributed by atoms with Crippen LogP contribution in [0.15, 0.2) is 41.5 Å². The van der Waals surface area contributed by atoms with E-state index in [1.165, 1.54) is 0 Å². The van der Waals surface area contributed by atoms with Gasteiger partial charge < -0.3 is 52.7 Å². The van der Waals surface area contributed by atoms with Crippen molar-refractivity contribution < 1.29 is 24.3 Å². The van der Waals surface area contributed by atoms with Gasteiger partial charge in [-0.3, -0.25) is 19.4 Å². The Bertz CT molecular complexity index is 1390. The molecular weight excluding hydrogens is 661 g/mol. The van der Waals surface area contributed by atoms with Crippen LogP contribution in [0.5, 0.6) is 0 Å². The van der Waals surface area contributed by atoms with Gasteiger partial charge in [0.05, 0.1) is 6.04 Å². The molecule has 0 aliphatic rings. The van der Waals surface area contributed by atoms with Crippen molar-refractivity contribution in [2.45, 2.75) is 96.8 Å². The molecule has 1 aromatic heterocycles. The van der Waals surface area contributed by atoms with Crippen molar-refractivity contribution in [2.24, 2.45) is 36.3 Å². The fraction of sp³-hybridized carbons (Fsp3) is 0.588. The maximum atomic E-state index is 13.8. The van der Waals surface area contributed by atoms with E-state index in [-0.39, 0.29) is 25.2 Å². The second-order valence-corrected chi connectivity index (χ2v) is 11.4. The number of aliphatic carboxylic acids is 1. The summed E-state index contributed by atoms with van der Waals surface area (Å²) in [6.45, 7) is 8.72. The molecule has 1 heterocycles. The van der Waals surface area contributed by atoms with Gasteiger partial charge in [-0.2, -0.15) is 0 Å². The van der Waals surface area contributed by atoms with Gasteiger partial charge in [0.1, 0.15) is 18.1 Å². The molecule has 282 valence electrons. The smallest absolute Gasteiger partial charge is 0.326 e. The van der Waals surface area contributed by atoms with Crippen molar-refractivity contribution in [1.82, 2.24) is 30.4 Å². The largest absolute Gasteiger partial charge is 0.480 e. The first kappa shape index (κ1) is 45.7. The average Bonchev–Trinajstić information content (AvgIpc) is 3.34. The van der Waals surface area contributed by atoms with Gasteiger partial charge in [-0.1, -0.05) is 58.0 Å². The highest BCUT2D eigenvalue weighted by molar-refractivity contribution is 7.71. The Kier molecular flexibility index (Phi) is 23.5. The summed E-state index contributed by atoms with van der Waals surface area (Å²) in [6.07, 6.45) is 4.13. The van der Waals surface area contributed by atoms with Crippen LogP contribution in [0.3, 0.4) is 0 Å². The number of aliphatic imine (C=N–C) groups is 1. The van der Waals surface area contributed by atoms with Gasteiger partial charge >= 0.3 is 5.97 Å². The zero-order valence-corrected chi connectivity index (χ0v) is 31.5. The highest BCUT2D eigenvalue weighted by Gasteiger charge is 2.31. The fourth-order valence-corrected chi connectivity index (χ4v) is 5.04. The number of rotatable bonds is 20. The fourth-order valence-electron chi connectivity index (χ4n) is 4.87. The van der Waals surface area contributed by atoms with Gasteiger partial charge in [0.25, 0.3) is 0 Å². The molecule has 2 aromatic rings. The third-order valence-electron chi connectivity index (χ3n) is 7.50. The number of aryl methyl sites for hydroxylation is 1. The Hall–Kier alpha value is -4.28. The third-order valence-corrected chi connectivity index (χ3v) is 8.06. The van der Waals surface area contributed by atoms with Crippen LogP contribution in [-0.2, 0) is 46.1 Å². The number of aromatic nitrogens is 2. The van der Waals surface area contributed by atoms with Crippen LogP contribution in [0.2, 0.25) is 0 Å². The second kappa shape index (κ2) is 25.7. The highest BCUT2D eigenvalue weighted by Crippen LogP contribution is 2.10. The second-order valence-electron chi connectivity index (χ2n) is 11.1. The van der Waals surface area contributed by atoms with E-state index in [1.807, 2.05) is 33.8 Å². The van der Waals surface area contributed by atoms with Crippen molar-refractivity contribution in [1.29, 1.82) is 0 Å². The van der Waals surface area contributed by atoms with Crippen LogP contribution >= 0.6 is 12.2 Å². The molecule has 50 heavy (non-hydrogen) atoms. The molecule has 0 spiro atoms. The Balaban J connectivity index is 0.00000578. The molecular formula is C34H60N10O5S. The highest BCUT2D eigenvalue weighted by atomic mass is 32.1. The standard InChI is InChI=1S/C30H48N10O5S.2C2H6/c1-34-21(13-9-15-35-29(32)33)25(41)37-23(17-20-18-39(2)30(46)40(20)3)27(43)36-22(12-7-8-14-31)26(42)38-24(28(44)45)16-19-10-5-4-6-11-19;2*1-2/h4-6,10-11,18,21-24,34H,7-9,12-17,31H2,1-3H3,(H,36,43)(H,37,41)(H,38,42)(H,44,45)(H4,32,33,35);2*1-2H3. The molecule has 3 amide bonds. The molecule has 16 heteroatoms. The number of unbranched alkanes of at least 4 members (excludes halogenated alkanes) is 1. The molecule has 1 aromatic carbocycles. The van der Waals surface area contributed by atoms with Gasteiger partial charge in [0.2, 0.25) is 17.7 Å². The van der Waals surface area contributed by atoms with Crippen molar-refractivity contribution in [3.8, 4) is 0 Å². The van der Waals surface area contributed by atoms with Crippen LogP contribution in [0.25, 0.3) is 0 Å². The number of hydrogen-bond acceptors (Lipinski definition) is 8. The number of benzene rings is 1. The van der Waals surface area contributed by atoms with Crippen molar-refractivity contribution >= 4 is 41.9 Å². The first-order valence-corrected chi connectivity index (χ1v) is 17.6. The zero-order chi connectivity index (χ0) is 38.2. The van der Waals surface area contributed by atoms with Gasteiger partial charge in [-0.25, -0.2) is 4.79 Å². The van der Waals surface area contributed by atoms with Crippen molar-refractivity contribution in [3.05, 3.63) is 52.6 Å². The van der Waals surface area contributed by atoms with E-state index in [2.05, 4.69) is 26.3 Å². The van der Waals surface area contributed by atoms with E-state index in [4.69, 9.17) is 29.4 Å². The molecule has 0 aliphatic carbocycles. The minimum absolute atomic E-state index is 0.0428. The summed E-state index contributed by atoms with van der Waals surface area (Å²) >= 11 is 5.42. The number of carboxylic acid groups (broad SMARTS) is 1. The van der Waals surface area contributed by atoms with Crippen LogP contribution < -0.4 is 38.5 Å². The SMILES string of the molecule is CC.CC.CNC(CCCN=C(N)N)C(=O)NC(Cc1cn(C)c(=S)n1C)C(=O)NC(CCCCN)C(=O)NC(Cc1ccccc1)C(=O)O. The van der Waals surface area contributed by atoms with E-state index in [0.29, 0.717) is 49.2 Å². The van der Waals surface area contributed by atoms with Crippen molar-refractivity contribution in [3.63, 3.8) is 0 Å². The Morgan fingerprint density at radius 1 is 0.820 bits per heavy atom. The minimum atomic E-state index is -1.22. The molecule has 11 N–H and O–H groups in total. The molecule has 2 rings (SSSR count). The lowest BCUT2D eigenvalue weighted by molar-refractivity contribution is -0.142. The van der Waals surface area contributed by atoms with Crippen molar-refractivity contribution in [2.75, 3.05) is 20.1 Å². The number of amides is 3. The summed E-state index contributed by atoms with van der Waals surface area (Å²) in [7, 11) is 5.17. The summed E-state index contributed by atoms with van der Waals surface area (Å²) in [6, 6.07) is 4.88. The number of likely N-dealkylation sites (N-methyl/N-ethyl adjacent to an activating group) is 1. The number of guanidine groups is 1. The Morgan fingerprint density at radius 2 is 1.36 bits per heavy atom. The summed E-state index contributed by atoms with van der Waals surface area (Å²) < 4.78 is 3.98. The number of hydrogen-bond donors (Lipinski definition) is 8. The predicted octanol–water partition coefficient (Wildman–Crippen LogP) is 1.24. The van der Waals surface area contributed by atoms with E-state index in [9.17, 15) is 24.3 Å². The minimum Gasteiger partial charge on any atom is -0.480 e. The number of nitrogens with one attached hydrogen (secondary N) is 4. The Labute approximate surface area is 301 Å². The number of nitrogens with two attached hydrogens (primary N) is 3. The number of carbonyl (C=O) groups excluding carboxylic acids is 3. The van der Waals surface area contributed by atoms with Gasteiger partial charge in [0, 0.05) is 45.4 Å². The summed E-state index contributed by atoms with van der Waals surface area (Å²) in [4.78, 5) is 56.7. The first-order valence-electron chi connectivity index (χ1n) is 17.2. The molecule has 0 radical (unpaired) electrons. The van der Waals surface area contributed by atoms with Crippen LogP contribution in [-0.4, -0.2) is 88.2 Å². The molecule has 0 saturated carbocycles. The predicted molar refractivity (Wildman–Crippen MR) is 201 cm³/mol. The normalized spacial score (nSPS) is 12.7. The Morgan fingerprint density at radius 3 is 1.88 bits per heavy atom. The number of imidazole rings is 1. The van der Waals surface area contributed by atoms with E-state index in [1.54, 1.807) is 60.7 Å². The van der Waals surface area contributed by atoms with Crippen LogP contribution in [0, 0.1) is 4.77 Å². The quantitative estimate of drug-likeness (QED) is 0.0422. The summed E-state index contributed by atoms with van der Waals surface area (Å²) in [5.41, 5.74) is 17.9. The lowest BCUT2D eigenvalue weighted by atomic mass is 10.0. The zero-order valence-electron chi connectivity index (χ0n) is 30.7. The topological polar surface area (TPSA) is 237 Å². The summed E-state index contributed by atoms with van der Waals surface area (Å²) in [5.74, 6) is -2.93. The van der Waals surface area contributed by atoms with Crippen LogP contribution in [0.1, 0.15) is 71.1 Å². The number of nitrogens with zero attached hydrogens (tertiary/aromatic N) is 3. The maximum Gasteiger partial charge on any atom is 0.326 e. The average molecular weight is 721 g/mol. The molecule has 0 fully saturated rings. The lowest BCUT2D eigenvalue weighted by Gasteiger charge is -2.26. The molecule has 0 bridgehead atoms. The van der Waals surface area contributed by atoms with Gasteiger partial charge in [-0.05, 0) is 63.5 Å². The number of carbonyl (C=O) groups is 4. The number of carboxylic acids is 1. The maximum absolute atomic E-state index is 13.8. The third kappa shape index (κ3) is 16.4. The monoisotopic (exact) mass is 720 g/mol. The lowest BCUT2D eigenvalue weighted by Crippen LogP contribution is -2.58. The summed E-state index contributed by atoms with van der Waals surface area (Å²) in [5, 5.41) is 21.0. The van der Waals surface area contributed by atoms with E-state index < -0.39 is 47.9 Å². The molecule has 4 unspecified atom stereocenters. The van der Waals surface area contributed by atoms with E-state index >= 15 is 0 Å². The van der Waals surface area contributed by atoms with Gasteiger partial charge in [0.15, 0.2) is 10.7 Å². The first-order chi connectivity index (χ1) is 23.9. The van der Waals surface area contributed by atoms with Crippen LogP contribution in [0.4, 0.5) is 0 Å². The van der Waals surface area contributed by atoms with Gasteiger partial charge in [-0.15, -0.1) is 0 Å².